The first-order chi connectivity index (χ1) is 9.20. The zero-order valence-corrected chi connectivity index (χ0v) is 11.8. The van der Waals surface area contributed by atoms with Crippen LogP contribution in [0.25, 0.3) is 0 Å². The van der Waals surface area contributed by atoms with Gasteiger partial charge in [-0.2, -0.15) is 0 Å². The molecule has 4 unspecified atom stereocenters. The van der Waals surface area contributed by atoms with E-state index in [1.807, 2.05) is 6.07 Å². The molecule has 0 aliphatic carbocycles. The summed E-state index contributed by atoms with van der Waals surface area (Å²) in [7, 11) is 0. The van der Waals surface area contributed by atoms with E-state index in [9.17, 15) is 4.39 Å². The molecule has 3 rings (SSSR count). The van der Waals surface area contributed by atoms with Crippen LogP contribution in [0.2, 0.25) is 0 Å². The molecule has 0 saturated carbocycles. The standard InChI is InChI=1S/C16H23FN2/c1-3-16(12-5-4-6-14(17)7-12)19-10-13-8-18-9-15(13)11(19)2/h4-7,11,13,15-16,18H,3,8-10H2,1-2H3. The Balaban J connectivity index is 1.83. The number of nitrogens with zero attached hydrogens (tertiary/aromatic N) is 1. The Hall–Kier alpha value is -0.930. The van der Waals surface area contributed by atoms with Crippen LogP contribution in [0.4, 0.5) is 4.39 Å². The Morgan fingerprint density at radius 1 is 1.42 bits per heavy atom. The van der Waals surface area contributed by atoms with Crippen LogP contribution in [0.15, 0.2) is 24.3 Å². The maximum absolute atomic E-state index is 13.5. The zero-order chi connectivity index (χ0) is 13.4. The summed E-state index contributed by atoms with van der Waals surface area (Å²) in [5.74, 6) is 1.42. The summed E-state index contributed by atoms with van der Waals surface area (Å²) >= 11 is 0. The van der Waals surface area contributed by atoms with Gasteiger partial charge in [-0.1, -0.05) is 19.1 Å². The second-order valence-electron chi connectivity index (χ2n) is 6.00. The second-order valence-corrected chi connectivity index (χ2v) is 6.00. The monoisotopic (exact) mass is 262 g/mol. The van der Waals surface area contributed by atoms with Crippen LogP contribution in [-0.2, 0) is 0 Å². The van der Waals surface area contributed by atoms with Crippen LogP contribution in [0, 0.1) is 17.7 Å². The van der Waals surface area contributed by atoms with Gasteiger partial charge in [0.25, 0.3) is 0 Å². The lowest BCUT2D eigenvalue weighted by Crippen LogP contribution is -2.36. The fourth-order valence-corrected chi connectivity index (χ4v) is 3.99. The van der Waals surface area contributed by atoms with Crippen LogP contribution in [-0.4, -0.2) is 30.6 Å². The maximum Gasteiger partial charge on any atom is 0.123 e. The van der Waals surface area contributed by atoms with Gasteiger partial charge in [-0.15, -0.1) is 0 Å². The number of fused-ring (bicyclic) bond motifs is 1. The summed E-state index contributed by atoms with van der Waals surface area (Å²) in [5.41, 5.74) is 1.13. The molecule has 0 amide bonds. The third kappa shape index (κ3) is 2.30. The van der Waals surface area contributed by atoms with Crippen molar-refractivity contribution in [3.8, 4) is 0 Å². The van der Waals surface area contributed by atoms with Crippen molar-refractivity contribution in [1.82, 2.24) is 10.2 Å². The molecule has 0 radical (unpaired) electrons. The number of rotatable bonds is 3. The first-order valence-electron chi connectivity index (χ1n) is 7.42. The van der Waals surface area contributed by atoms with Crippen LogP contribution in [0.3, 0.4) is 0 Å². The minimum Gasteiger partial charge on any atom is -0.316 e. The molecule has 1 aromatic rings. The molecule has 0 aromatic heterocycles. The lowest BCUT2D eigenvalue weighted by atomic mass is 9.95. The zero-order valence-electron chi connectivity index (χ0n) is 11.8. The molecule has 19 heavy (non-hydrogen) atoms. The fourth-order valence-electron chi connectivity index (χ4n) is 3.99. The predicted molar refractivity (Wildman–Crippen MR) is 75.4 cm³/mol. The number of nitrogens with one attached hydrogen (secondary N) is 1. The highest BCUT2D eigenvalue weighted by Gasteiger charge is 2.43. The highest BCUT2D eigenvalue weighted by atomic mass is 19.1. The largest absolute Gasteiger partial charge is 0.316 e. The molecule has 2 fully saturated rings. The van der Waals surface area contributed by atoms with Crippen molar-refractivity contribution in [3.63, 3.8) is 0 Å². The van der Waals surface area contributed by atoms with Gasteiger partial charge in [-0.05, 0) is 56.0 Å². The predicted octanol–water partition coefficient (Wildman–Crippen LogP) is 2.82. The van der Waals surface area contributed by atoms with E-state index in [-0.39, 0.29) is 5.82 Å². The smallest absolute Gasteiger partial charge is 0.123 e. The van der Waals surface area contributed by atoms with Gasteiger partial charge in [0.2, 0.25) is 0 Å². The summed E-state index contributed by atoms with van der Waals surface area (Å²) in [6.07, 6.45) is 1.04. The average Bonchev–Trinajstić information content (AvgIpc) is 2.96. The number of benzene rings is 1. The molecule has 0 spiro atoms. The topological polar surface area (TPSA) is 15.3 Å². The molecule has 4 atom stereocenters. The molecule has 2 aliphatic rings. The van der Waals surface area contributed by atoms with Crippen molar-refractivity contribution >= 4 is 0 Å². The van der Waals surface area contributed by atoms with E-state index in [1.165, 1.54) is 6.07 Å². The molecule has 2 saturated heterocycles. The van der Waals surface area contributed by atoms with Crippen molar-refractivity contribution in [2.75, 3.05) is 19.6 Å². The van der Waals surface area contributed by atoms with Gasteiger partial charge in [0.05, 0.1) is 0 Å². The minimum absolute atomic E-state index is 0.121. The van der Waals surface area contributed by atoms with Gasteiger partial charge in [-0.3, -0.25) is 4.90 Å². The lowest BCUT2D eigenvalue weighted by molar-refractivity contribution is 0.165. The Bertz CT molecular complexity index is 448. The summed E-state index contributed by atoms with van der Waals surface area (Å²) in [6.45, 7) is 7.97. The van der Waals surface area contributed by atoms with Gasteiger partial charge >= 0.3 is 0 Å². The SMILES string of the molecule is CCC(c1cccc(F)c1)N1CC2CNCC2C1C. The quantitative estimate of drug-likeness (QED) is 0.901. The van der Waals surface area contributed by atoms with Gasteiger partial charge in [-0.25, -0.2) is 4.39 Å². The number of hydrogen-bond acceptors (Lipinski definition) is 2. The third-order valence-electron chi connectivity index (χ3n) is 5.00. The molecule has 2 nitrogen and oxygen atoms in total. The summed E-state index contributed by atoms with van der Waals surface area (Å²) in [5, 5.41) is 3.49. The van der Waals surface area contributed by atoms with Gasteiger partial charge in [0, 0.05) is 18.6 Å². The van der Waals surface area contributed by atoms with E-state index in [2.05, 4.69) is 30.1 Å². The summed E-state index contributed by atoms with van der Waals surface area (Å²) < 4.78 is 13.5. The molecular formula is C16H23FN2. The summed E-state index contributed by atoms with van der Waals surface area (Å²) in [4.78, 5) is 2.59. The Morgan fingerprint density at radius 2 is 2.26 bits per heavy atom. The normalized spacial score (nSPS) is 32.5. The number of hydrogen-bond donors (Lipinski definition) is 1. The van der Waals surface area contributed by atoms with Crippen molar-refractivity contribution in [3.05, 3.63) is 35.6 Å². The molecule has 104 valence electrons. The molecule has 0 bridgehead atoms. The van der Waals surface area contributed by atoms with Crippen molar-refractivity contribution in [1.29, 1.82) is 0 Å². The van der Waals surface area contributed by atoms with E-state index in [4.69, 9.17) is 0 Å². The number of likely N-dealkylation sites (tertiary alicyclic amines) is 1. The number of halogens is 1. The molecule has 1 aromatic carbocycles. The van der Waals surface area contributed by atoms with Gasteiger partial charge in [0.15, 0.2) is 0 Å². The molecule has 3 heteroatoms. The summed E-state index contributed by atoms with van der Waals surface area (Å²) in [6, 6.07) is 8.08. The van der Waals surface area contributed by atoms with E-state index >= 15 is 0 Å². The first kappa shape index (κ1) is 13.1. The molecule has 2 heterocycles. The minimum atomic E-state index is -0.121. The average molecular weight is 262 g/mol. The highest BCUT2D eigenvalue weighted by molar-refractivity contribution is 5.21. The van der Waals surface area contributed by atoms with Crippen molar-refractivity contribution < 1.29 is 4.39 Å². The molecule has 1 N–H and O–H groups in total. The lowest BCUT2D eigenvalue weighted by Gasteiger charge is -2.33. The fraction of sp³-hybridized carbons (Fsp3) is 0.625. The Morgan fingerprint density at radius 3 is 2.95 bits per heavy atom. The van der Waals surface area contributed by atoms with Crippen LogP contribution in [0.5, 0.6) is 0 Å². The second kappa shape index (κ2) is 5.22. The molecule has 2 aliphatic heterocycles. The van der Waals surface area contributed by atoms with Crippen molar-refractivity contribution in [2.45, 2.75) is 32.4 Å². The van der Waals surface area contributed by atoms with Crippen LogP contribution >= 0.6 is 0 Å². The molecular weight excluding hydrogens is 239 g/mol. The van der Waals surface area contributed by atoms with E-state index in [0.717, 1.165) is 43.5 Å². The van der Waals surface area contributed by atoms with E-state index in [0.29, 0.717) is 12.1 Å². The highest BCUT2D eigenvalue weighted by Crippen LogP contribution is 2.39. The maximum atomic E-state index is 13.5. The van der Waals surface area contributed by atoms with Crippen LogP contribution < -0.4 is 5.32 Å². The van der Waals surface area contributed by atoms with E-state index < -0.39 is 0 Å². The van der Waals surface area contributed by atoms with Gasteiger partial charge in [0.1, 0.15) is 5.82 Å². The third-order valence-corrected chi connectivity index (χ3v) is 5.00. The Kier molecular flexibility index (Phi) is 3.59. The van der Waals surface area contributed by atoms with Crippen molar-refractivity contribution in [2.24, 2.45) is 11.8 Å². The van der Waals surface area contributed by atoms with Gasteiger partial charge < -0.3 is 5.32 Å². The van der Waals surface area contributed by atoms with E-state index in [1.54, 1.807) is 6.07 Å². The van der Waals surface area contributed by atoms with Crippen LogP contribution in [0.1, 0.15) is 31.9 Å². The Labute approximate surface area is 115 Å². The first-order valence-corrected chi connectivity index (χ1v) is 7.42.